The Morgan fingerprint density at radius 3 is 2.44 bits per heavy atom. The van der Waals surface area contributed by atoms with Crippen LogP contribution in [-0.4, -0.2) is 36.1 Å². The number of fused-ring (bicyclic) bond motifs is 5. The molecular formula is C14H24N2. The van der Waals surface area contributed by atoms with Crippen molar-refractivity contribution in [3.8, 4) is 0 Å². The fourth-order valence-electron chi connectivity index (χ4n) is 5.19. The molecule has 90 valence electrons. The van der Waals surface area contributed by atoms with Crippen LogP contribution in [0, 0.1) is 23.7 Å². The van der Waals surface area contributed by atoms with Gasteiger partial charge in [0.1, 0.15) is 0 Å². The molecule has 16 heavy (non-hydrogen) atoms. The molecule has 6 atom stereocenters. The van der Waals surface area contributed by atoms with Crippen LogP contribution in [0.1, 0.15) is 33.1 Å². The lowest BCUT2D eigenvalue weighted by molar-refractivity contribution is 0.115. The summed E-state index contributed by atoms with van der Waals surface area (Å²) in [5.74, 6) is 4.48. The molecule has 6 unspecified atom stereocenters. The molecule has 3 aliphatic carbocycles. The van der Waals surface area contributed by atoms with Crippen molar-refractivity contribution in [1.82, 2.24) is 10.2 Å². The van der Waals surface area contributed by atoms with E-state index < -0.39 is 0 Å². The van der Waals surface area contributed by atoms with Crippen molar-refractivity contribution in [2.75, 3.05) is 13.1 Å². The Labute approximate surface area is 98.8 Å². The second kappa shape index (κ2) is 3.23. The van der Waals surface area contributed by atoms with E-state index in [4.69, 9.17) is 0 Å². The minimum Gasteiger partial charge on any atom is -0.311 e. The van der Waals surface area contributed by atoms with Crippen LogP contribution in [0.15, 0.2) is 0 Å². The lowest BCUT2D eigenvalue weighted by Gasteiger charge is -2.39. The Bertz CT molecular complexity index is 287. The highest BCUT2D eigenvalue weighted by atomic mass is 15.3. The molecule has 0 radical (unpaired) electrons. The number of nitrogens with zero attached hydrogens (tertiary/aromatic N) is 1. The van der Waals surface area contributed by atoms with E-state index in [-0.39, 0.29) is 0 Å². The number of hydrogen-bond acceptors (Lipinski definition) is 2. The standard InChI is InChI=1S/C14H24N2/c1-8-7-16(9(2)6-15-8)14-12-10-3-4-11(5-10)13(12)14/h8-15H,3-7H2,1-2H3. The molecule has 2 bridgehead atoms. The van der Waals surface area contributed by atoms with Crippen LogP contribution in [0.3, 0.4) is 0 Å². The van der Waals surface area contributed by atoms with Crippen LogP contribution in [0.25, 0.3) is 0 Å². The van der Waals surface area contributed by atoms with Crippen LogP contribution < -0.4 is 5.32 Å². The maximum absolute atomic E-state index is 3.61. The van der Waals surface area contributed by atoms with Gasteiger partial charge in [0.15, 0.2) is 0 Å². The number of piperazine rings is 1. The lowest BCUT2D eigenvalue weighted by Crippen LogP contribution is -2.55. The number of rotatable bonds is 1. The molecule has 0 aromatic carbocycles. The Kier molecular flexibility index (Phi) is 2.00. The Morgan fingerprint density at radius 2 is 1.75 bits per heavy atom. The van der Waals surface area contributed by atoms with Gasteiger partial charge in [-0.3, -0.25) is 4.90 Å². The van der Waals surface area contributed by atoms with Crippen LogP contribution in [0.2, 0.25) is 0 Å². The van der Waals surface area contributed by atoms with E-state index in [1.165, 1.54) is 13.1 Å². The summed E-state index contributed by atoms with van der Waals surface area (Å²) in [4.78, 5) is 2.85. The van der Waals surface area contributed by atoms with Gasteiger partial charge in [0, 0.05) is 31.2 Å². The van der Waals surface area contributed by atoms with E-state index in [1.807, 2.05) is 0 Å². The van der Waals surface area contributed by atoms with Crippen LogP contribution in [-0.2, 0) is 0 Å². The zero-order valence-electron chi connectivity index (χ0n) is 10.5. The van der Waals surface area contributed by atoms with Gasteiger partial charge in [0.2, 0.25) is 0 Å². The third-order valence-electron chi connectivity index (χ3n) is 5.89. The van der Waals surface area contributed by atoms with Gasteiger partial charge in [0.25, 0.3) is 0 Å². The molecule has 2 nitrogen and oxygen atoms in total. The van der Waals surface area contributed by atoms with E-state index in [2.05, 4.69) is 24.1 Å². The smallest absolute Gasteiger partial charge is 0.0196 e. The quantitative estimate of drug-likeness (QED) is 0.724. The van der Waals surface area contributed by atoms with Gasteiger partial charge in [-0.25, -0.2) is 0 Å². The molecular weight excluding hydrogens is 196 g/mol. The fourth-order valence-corrected chi connectivity index (χ4v) is 5.19. The van der Waals surface area contributed by atoms with Crippen LogP contribution >= 0.6 is 0 Å². The second-order valence-corrected chi connectivity index (χ2v) is 6.83. The molecule has 4 rings (SSSR count). The Balaban J connectivity index is 1.51. The van der Waals surface area contributed by atoms with E-state index in [9.17, 15) is 0 Å². The topological polar surface area (TPSA) is 15.3 Å². The highest BCUT2D eigenvalue weighted by molar-refractivity contribution is 5.18. The predicted octanol–water partition coefficient (Wildman–Crippen LogP) is 1.71. The van der Waals surface area contributed by atoms with Crippen molar-refractivity contribution in [2.24, 2.45) is 23.7 Å². The average molecular weight is 220 g/mol. The van der Waals surface area contributed by atoms with E-state index in [0.29, 0.717) is 6.04 Å². The van der Waals surface area contributed by atoms with Crippen LogP contribution in [0.5, 0.6) is 0 Å². The zero-order valence-corrected chi connectivity index (χ0v) is 10.5. The largest absolute Gasteiger partial charge is 0.311 e. The molecule has 1 saturated heterocycles. The van der Waals surface area contributed by atoms with Crippen molar-refractivity contribution in [2.45, 2.75) is 51.2 Å². The van der Waals surface area contributed by atoms with Crippen molar-refractivity contribution >= 4 is 0 Å². The monoisotopic (exact) mass is 220 g/mol. The first-order valence-electron chi connectivity index (χ1n) is 7.25. The third kappa shape index (κ3) is 1.20. The first-order valence-corrected chi connectivity index (χ1v) is 7.25. The summed E-state index contributed by atoms with van der Waals surface area (Å²) in [7, 11) is 0. The highest BCUT2D eigenvalue weighted by Crippen LogP contribution is 2.67. The van der Waals surface area contributed by atoms with Crippen molar-refractivity contribution < 1.29 is 0 Å². The second-order valence-electron chi connectivity index (χ2n) is 6.83. The normalized spacial score (nSPS) is 60.0. The van der Waals surface area contributed by atoms with E-state index >= 15 is 0 Å². The molecule has 0 aromatic rings. The molecule has 0 amide bonds. The third-order valence-corrected chi connectivity index (χ3v) is 5.89. The lowest BCUT2D eigenvalue weighted by atomic mass is 10.0. The summed E-state index contributed by atoms with van der Waals surface area (Å²) >= 11 is 0. The summed E-state index contributed by atoms with van der Waals surface area (Å²) < 4.78 is 0. The van der Waals surface area contributed by atoms with Gasteiger partial charge in [0.05, 0.1) is 0 Å². The van der Waals surface area contributed by atoms with Crippen molar-refractivity contribution in [3.05, 3.63) is 0 Å². The van der Waals surface area contributed by atoms with Gasteiger partial charge in [-0.05, 0) is 56.8 Å². The van der Waals surface area contributed by atoms with Crippen LogP contribution in [0.4, 0.5) is 0 Å². The van der Waals surface area contributed by atoms with E-state index in [0.717, 1.165) is 35.8 Å². The zero-order chi connectivity index (χ0) is 10.9. The number of nitrogens with one attached hydrogen (secondary N) is 1. The summed E-state index contributed by atoms with van der Waals surface area (Å²) in [5, 5.41) is 3.61. The molecule has 1 N–H and O–H groups in total. The molecule has 0 spiro atoms. The van der Waals surface area contributed by atoms with Crippen molar-refractivity contribution in [1.29, 1.82) is 0 Å². The fraction of sp³-hybridized carbons (Fsp3) is 1.00. The molecule has 0 aromatic heterocycles. The first kappa shape index (κ1) is 9.90. The highest BCUT2D eigenvalue weighted by Gasteiger charge is 2.67. The van der Waals surface area contributed by atoms with Gasteiger partial charge in [-0.15, -0.1) is 0 Å². The maximum Gasteiger partial charge on any atom is 0.0196 e. The van der Waals surface area contributed by atoms with Gasteiger partial charge in [-0.2, -0.15) is 0 Å². The summed E-state index contributed by atoms with van der Waals surface area (Å²) in [5.41, 5.74) is 0. The molecule has 4 fully saturated rings. The van der Waals surface area contributed by atoms with Crippen molar-refractivity contribution in [3.63, 3.8) is 0 Å². The summed E-state index contributed by atoms with van der Waals surface area (Å²) in [6.45, 7) is 7.24. The van der Waals surface area contributed by atoms with Gasteiger partial charge in [-0.1, -0.05) is 0 Å². The minimum absolute atomic E-state index is 0.704. The SMILES string of the molecule is CC1CN(C2C3C4CCC(C4)C32)C(C)CN1. The van der Waals surface area contributed by atoms with E-state index in [1.54, 1.807) is 19.3 Å². The van der Waals surface area contributed by atoms with Gasteiger partial charge < -0.3 is 5.32 Å². The summed E-state index contributed by atoms with van der Waals surface area (Å²) in [6, 6.07) is 2.46. The number of hydrogen-bond donors (Lipinski definition) is 1. The Hall–Kier alpha value is -0.0800. The Morgan fingerprint density at radius 1 is 1.06 bits per heavy atom. The molecule has 1 aliphatic heterocycles. The molecule has 3 saturated carbocycles. The average Bonchev–Trinajstić information content (AvgIpc) is 2.70. The first-order chi connectivity index (χ1) is 7.75. The molecule has 1 heterocycles. The maximum atomic E-state index is 3.61. The summed E-state index contributed by atoms with van der Waals surface area (Å²) in [6.07, 6.45) is 4.69. The van der Waals surface area contributed by atoms with Gasteiger partial charge >= 0.3 is 0 Å². The molecule has 2 heteroatoms. The molecule has 4 aliphatic rings. The predicted molar refractivity (Wildman–Crippen MR) is 65.2 cm³/mol. The minimum atomic E-state index is 0.704.